The lowest BCUT2D eigenvalue weighted by molar-refractivity contribution is -0.146. The summed E-state index contributed by atoms with van der Waals surface area (Å²) in [6, 6.07) is 5.27. The molecule has 1 saturated heterocycles. The van der Waals surface area contributed by atoms with Gasteiger partial charge >= 0.3 is 11.6 Å². The Labute approximate surface area is 178 Å². The van der Waals surface area contributed by atoms with E-state index in [1.54, 1.807) is 0 Å². The number of allylic oxidation sites excluding steroid dienone is 2. The lowest BCUT2D eigenvalue weighted by Crippen LogP contribution is -2.33. The number of imide groups is 1. The van der Waals surface area contributed by atoms with Crippen molar-refractivity contribution in [2.75, 3.05) is 6.54 Å². The van der Waals surface area contributed by atoms with Crippen LogP contribution in [-0.4, -0.2) is 29.2 Å². The molecule has 1 aromatic carbocycles. The molecule has 0 spiro atoms. The van der Waals surface area contributed by atoms with Crippen LogP contribution < -0.4 is 5.63 Å². The van der Waals surface area contributed by atoms with Crippen LogP contribution in [-0.2, 0) is 38.6 Å². The summed E-state index contributed by atoms with van der Waals surface area (Å²) in [4.78, 5) is 50.5. The quantitative estimate of drug-likeness (QED) is 0.319. The zero-order chi connectivity index (χ0) is 21.5. The van der Waals surface area contributed by atoms with Crippen LogP contribution in [0, 0.1) is 11.8 Å². The van der Waals surface area contributed by atoms with Crippen molar-refractivity contribution in [2.45, 2.75) is 45.1 Å². The Kier molecular flexibility index (Phi) is 4.96. The van der Waals surface area contributed by atoms with Gasteiger partial charge in [-0.15, -0.1) is 0 Å². The summed E-state index contributed by atoms with van der Waals surface area (Å²) in [7, 11) is 0. The van der Waals surface area contributed by atoms with Crippen molar-refractivity contribution in [3.63, 3.8) is 0 Å². The second kappa shape index (κ2) is 7.80. The number of ether oxygens (including phenoxy) is 1. The molecular weight excluding hydrogens is 398 g/mol. The fourth-order valence-electron chi connectivity index (χ4n) is 4.94. The lowest BCUT2D eigenvalue weighted by atomic mass is 9.85. The fourth-order valence-corrected chi connectivity index (χ4v) is 4.94. The van der Waals surface area contributed by atoms with Gasteiger partial charge in [-0.05, 0) is 55.4 Å². The van der Waals surface area contributed by atoms with Crippen molar-refractivity contribution >= 4 is 28.8 Å². The minimum Gasteiger partial charge on any atom is -0.461 e. The standard InChI is InChI=1S/C24H23NO6/c26-21(8-9-25-23(28)17-6-1-2-7-18(17)24(25)29)30-13-16-12-22(27)31-20-11-15-5-3-4-14(15)10-19(16)20/h1-2,10-12,17-18H,3-9,13H2. The highest BCUT2D eigenvalue weighted by atomic mass is 16.5. The van der Waals surface area contributed by atoms with Gasteiger partial charge < -0.3 is 9.15 Å². The molecule has 2 heterocycles. The molecule has 2 aliphatic carbocycles. The van der Waals surface area contributed by atoms with Crippen LogP contribution in [0.2, 0.25) is 0 Å². The molecule has 7 heteroatoms. The van der Waals surface area contributed by atoms with Crippen LogP contribution in [0.5, 0.6) is 0 Å². The van der Waals surface area contributed by atoms with E-state index in [9.17, 15) is 19.2 Å². The summed E-state index contributed by atoms with van der Waals surface area (Å²) in [5.41, 5.74) is 3.04. The van der Waals surface area contributed by atoms with Gasteiger partial charge in [-0.25, -0.2) is 4.79 Å². The molecule has 0 radical (unpaired) electrons. The Balaban J connectivity index is 1.24. The van der Waals surface area contributed by atoms with Crippen molar-refractivity contribution in [3.05, 3.63) is 57.5 Å². The monoisotopic (exact) mass is 421 g/mol. The largest absolute Gasteiger partial charge is 0.461 e. The summed E-state index contributed by atoms with van der Waals surface area (Å²) in [5, 5.41) is 0.773. The molecule has 0 bridgehead atoms. The van der Waals surface area contributed by atoms with E-state index in [1.807, 2.05) is 24.3 Å². The molecule has 5 rings (SSSR count). The Morgan fingerprint density at radius 1 is 1.00 bits per heavy atom. The number of hydrogen-bond acceptors (Lipinski definition) is 6. The Bertz CT molecular complexity index is 1150. The van der Waals surface area contributed by atoms with E-state index in [2.05, 4.69) is 0 Å². The maximum atomic E-state index is 12.5. The Hall–Kier alpha value is -3.22. The first-order chi connectivity index (χ1) is 15.0. The molecule has 2 amide bonds. The summed E-state index contributed by atoms with van der Waals surface area (Å²) in [6.45, 7) is -0.0362. The van der Waals surface area contributed by atoms with Gasteiger partial charge in [0.15, 0.2) is 0 Å². The van der Waals surface area contributed by atoms with Crippen LogP contribution >= 0.6 is 0 Å². The molecule has 1 aromatic heterocycles. The maximum Gasteiger partial charge on any atom is 0.336 e. The lowest BCUT2D eigenvalue weighted by Gasteiger charge is -2.14. The van der Waals surface area contributed by atoms with E-state index in [-0.39, 0.29) is 43.2 Å². The molecule has 1 fully saturated rings. The first-order valence-corrected chi connectivity index (χ1v) is 10.8. The number of carbonyl (C=O) groups excluding carboxylic acids is 3. The molecule has 2 aromatic rings. The second-order valence-electron chi connectivity index (χ2n) is 8.46. The number of amides is 2. The maximum absolute atomic E-state index is 12.5. The Morgan fingerprint density at radius 2 is 1.68 bits per heavy atom. The molecule has 160 valence electrons. The summed E-state index contributed by atoms with van der Waals surface area (Å²) < 4.78 is 10.7. The topological polar surface area (TPSA) is 93.9 Å². The number of nitrogens with zero attached hydrogens (tertiary/aromatic N) is 1. The van der Waals surface area contributed by atoms with Crippen molar-refractivity contribution in [3.8, 4) is 0 Å². The number of aryl methyl sites for hydroxylation is 2. The first kappa shape index (κ1) is 19.7. The summed E-state index contributed by atoms with van der Waals surface area (Å²) in [6.07, 6.45) is 7.97. The van der Waals surface area contributed by atoms with Crippen molar-refractivity contribution in [1.82, 2.24) is 4.90 Å². The molecule has 0 saturated carbocycles. The van der Waals surface area contributed by atoms with Crippen LogP contribution in [0.3, 0.4) is 0 Å². The average Bonchev–Trinajstić information content (AvgIpc) is 3.31. The van der Waals surface area contributed by atoms with E-state index in [4.69, 9.17) is 9.15 Å². The van der Waals surface area contributed by atoms with Crippen LogP contribution in [0.25, 0.3) is 11.0 Å². The van der Waals surface area contributed by atoms with Gasteiger partial charge in [0.1, 0.15) is 12.2 Å². The van der Waals surface area contributed by atoms with E-state index >= 15 is 0 Å². The number of likely N-dealkylation sites (tertiary alicyclic amines) is 1. The summed E-state index contributed by atoms with van der Waals surface area (Å²) in [5.74, 6) is -1.52. The third-order valence-electron chi connectivity index (χ3n) is 6.57. The minimum absolute atomic E-state index is 0.0225. The molecule has 31 heavy (non-hydrogen) atoms. The van der Waals surface area contributed by atoms with Crippen molar-refractivity contribution < 1.29 is 23.5 Å². The van der Waals surface area contributed by atoms with E-state index in [1.165, 1.54) is 22.1 Å². The SMILES string of the molecule is O=C(CCN1C(=O)C2CC=CCC2C1=O)OCc1cc(=O)oc2cc3c(cc12)CCC3. The highest BCUT2D eigenvalue weighted by molar-refractivity contribution is 6.05. The first-order valence-electron chi connectivity index (χ1n) is 10.8. The molecule has 2 unspecified atom stereocenters. The van der Waals surface area contributed by atoms with Crippen molar-refractivity contribution in [1.29, 1.82) is 0 Å². The van der Waals surface area contributed by atoms with Gasteiger partial charge in [0, 0.05) is 23.6 Å². The number of carbonyl (C=O) groups is 3. The van der Waals surface area contributed by atoms with Crippen LogP contribution in [0.4, 0.5) is 0 Å². The number of fused-ring (bicyclic) bond motifs is 3. The molecule has 7 nitrogen and oxygen atoms in total. The molecule has 0 N–H and O–H groups in total. The minimum atomic E-state index is -0.517. The van der Waals surface area contributed by atoms with Gasteiger partial charge in [0.05, 0.1) is 18.3 Å². The predicted molar refractivity (Wildman–Crippen MR) is 111 cm³/mol. The van der Waals surface area contributed by atoms with E-state index < -0.39 is 11.6 Å². The highest BCUT2D eigenvalue weighted by Crippen LogP contribution is 2.35. The number of esters is 1. The van der Waals surface area contributed by atoms with Crippen LogP contribution in [0.15, 0.2) is 39.6 Å². The fraction of sp³-hybridized carbons (Fsp3) is 0.417. The van der Waals surface area contributed by atoms with Crippen molar-refractivity contribution in [2.24, 2.45) is 11.8 Å². The molecule has 3 aliphatic rings. The number of hydrogen-bond donors (Lipinski definition) is 0. The third-order valence-corrected chi connectivity index (χ3v) is 6.57. The normalized spacial score (nSPS) is 22.1. The second-order valence-corrected chi connectivity index (χ2v) is 8.46. The predicted octanol–water partition coefficient (Wildman–Crippen LogP) is 2.67. The summed E-state index contributed by atoms with van der Waals surface area (Å²) >= 11 is 0. The van der Waals surface area contributed by atoms with E-state index in [0.717, 1.165) is 24.6 Å². The number of rotatable bonds is 5. The van der Waals surface area contributed by atoms with Gasteiger partial charge in [-0.3, -0.25) is 19.3 Å². The smallest absolute Gasteiger partial charge is 0.336 e. The van der Waals surface area contributed by atoms with Gasteiger partial charge in [-0.2, -0.15) is 0 Å². The zero-order valence-corrected chi connectivity index (χ0v) is 17.1. The van der Waals surface area contributed by atoms with Crippen LogP contribution in [0.1, 0.15) is 42.4 Å². The highest BCUT2D eigenvalue weighted by Gasteiger charge is 2.46. The van der Waals surface area contributed by atoms with Gasteiger partial charge in [-0.1, -0.05) is 12.2 Å². The zero-order valence-electron chi connectivity index (χ0n) is 17.1. The van der Waals surface area contributed by atoms with E-state index in [0.29, 0.717) is 24.0 Å². The molecule has 2 atom stereocenters. The Morgan fingerprint density at radius 3 is 2.39 bits per heavy atom. The van der Waals surface area contributed by atoms with Gasteiger partial charge in [0.2, 0.25) is 11.8 Å². The number of benzene rings is 1. The average molecular weight is 421 g/mol. The third kappa shape index (κ3) is 3.58. The van der Waals surface area contributed by atoms with Gasteiger partial charge in [0.25, 0.3) is 0 Å². The molecular formula is C24H23NO6. The molecule has 1 aliphatic heterocycles.